The maximum absolute atomic E-state index is 13.0. The fourth-order valence-electron chi connectivity index (χ4n) is 3.95. The van der Waals surface area contributed by atoms with Crippen LogP contribution < -0.4 is 14.4 Å². The molecule has 1 amide bonds. The lowest BCUT2D eigenvalue weighted by molar-refractivity contribution is -0.122. The number of aryl methyl sites for hydroxylation is 1. The van der Waals surface area contributed by atoms with Crippen molar-refractivity contribution in [2.75, 3.05) is 44.0 Å². The molecule has 1 heterocycles. The summed E-state index contributed by atoms with van der Waals surface area (Å²) in [4.78, 5) is 15.3. The van der Waals surface area contributed by atoms with Crippen LogP contribution in [0.2, 0.25) is 0 Å². The van der Waals surface area contributed by atoms with Gasteiger partial charge in [0.1, 0.15) is 11.8 Å². The number of benzene rings is 2. The van der Waals surface area contributed by atoms with Gasteiger partial charge in [0, 0.05) is 26.2 Å². The smallest absolute Gasteiger partial charge is 0.243 e. The molecule has 0 aromatic heterocycles. The summed E-state index contributed by atoms with van der Waals surface area (Å²) >= 11 is 0. The zero-order chi connectivity index (χ0) is 24.0. The van der Waals surface area contributed by atoms with Crippen LogP contribution >= 0.6 is 0 Å². The molecule has 1 N–H and O–H groups in total. The van der Waals surface area contributed by atoms with Gasteiger partial charge in [-0.05, 0) is 42.7 Å². The highest BCUT2D eigenvalue weighted by Gasteiger charge is 2.31. The van der Waals surface area contributed by atoms with Gasteiger partial charge in [-0.2, -0.15) is 0 Å². The van der Waals surface area contributed by atoms with Gasteiger partial charge in [-0.3, -0.25) is 14.0 Å². The van der Waals surface area contributed by atoms with Gasteiger partial charge in [-0.15, -0.1) is 0 Å². The van der Waals surface area contributed by atoms with Gasteiger partial charge in [0.05, 0.1) is 32.3 Å². The van der Waals surface area contributed by atoms with E-state index in [0.717, 1.165) is 54.5 Å². The number of amides is 1. The lowest BCUT2D eigenvalue weighted by Gasteiger charge is -2.29. The van der Waals surface area contributed by atoms with Gasteiger partial charge < -0.3 is 14.8 Å². The number of nitrogens with zero attached hydrogens (tertiary/aromatic N) is 2. The quantitative estimate of drug-likeness (QED) is 0.599. The van der Waals surface area contributed by atoms with Crippen LogP contribution in [0, 0.1) is 6.92 Å². The highest BCUT2D eigenvalue weighted by Crippen LogP contribution is 2.32. The summed E-state index contributed by atoms with van der Waals surface area (Å²) in [5.74, 6) is 0.00376. The summed E-state index contributed by atoms with van der Waals surface area (Å²) in [5.41, 5.74) is 3.33. The summed E-state index contributed by atoms with van der Waals surface area (Å²) in [5, 5.41) is 2.88. The van der Waals surface area contributed by atoms with E-state index in [9.17, 15) is 13.2 Å². The lowest BCUT2D eigenvalue weighted by Crippen LogP contribution is -2.47. The first-order valence-corrected chi connectivity index (χ1v) is 12.8. The number of carbonyl (C=O) groups is 1. The van der Waals surface area contributed by atoms with E-state index in [1.807, 2.05) is 25.1 Å². The minimum atomic E-state index is -3.74. The molecule has 1 unspecified atom stereocenters. The number of hydrogen-bond donors (Lipinski definition) is 1. The Morgan fingerprint density at radius 2 is 1.88 bits per heavy atom. The second kappa shape index (κ2) is 11.0. The molecule has 33 heavy (non-hydrogen) atoms. The predicted molar refractivity (Wildman–Crippen MR) is 129 cm³/mol. The van der Waals surface area contributed by atoms with Crippen LogP contribution in [0.15, 0.2) is 42.5 Å². The molecule has 0 spiro atoms. The molecule has 0 bridgehead atoms. The second-order valence-electron chi connectivity index (χ2n) is 8.34. The number of hydrogen-bond acceptors (Lipinski definition) is 6. The van der Waals surface area contributed by atoms with Crippen LogP contribution in [0.5, 0.6) is 5.75 Å². The van der Waals surface area contributed by atoms with E-state index in [-0.39, 0.29) is 5.91 Å². The molecule has 1 aliphatic rings. The highest BCUT2D eigenvalue weighted by atomic mass is 32.2. The van der Waals surface area contributed by atoms with Crippen LogP contribution in [-0.4, -0.2) is 64.9 Å². The van der Waals surface area contributed by atoms with Gasteiger partial charge in [-0.1, -0.05) is 30.3 Å². The molecule has 2 aromatic rings. The Bertz CT molecular complexity index is 1070. The summed E-state index contributed by atoms with van der Waals surface area (Å²) < 4.78 is 37.2. The topological polar surface area (TPSA) is 88.2 Å². The molecular formula is C24H33N3O5S. The summed E-state index contributed by atoms with van der Waals surface area (Å²) in [6, 6.07) is 12.3. The van der Waals surface area contributed by atoms with Crippen LogP contribution in [0.4, 0.5) is 5.69 Å². The molecule has 1 fully saturated rings. The Kier molecular flexibility index (Phi) is 8.34. The molecule has 0 aliphatic carbocycles. The molecule has 1 aliphatic heterocycles. The number of sulfonamides is 1. The maximum Gasteiger partial charge on any atom is 0.243 e. The van der Waals surface area contributed by atoms with Crippen LogP contribution in [0.1, 0.15) is 23.6 Å². The zero-order valence-corrected chi connectivity index (χ0v) is 20.5. The second-order valence-corrected chi connectivity index (χ2v) is 10.2. The van der Waals surface area contributed by atoms with Gasteiger partial charge >= 0.3 is 0 Å². The third-order valence-electron chi connectivity index (χ3n) is 5.63. The molecule has 2 aromatic carbocycles. The molecular weight excluding hydrogens is 442 g/mol. The number of anilines is 1. The minimum Gasteiger partial charge on any atom is -0.495 e. The van der Waals surface area contributed by atoms with Crippen LogP contribution in [-0.2, 0) is 32.6 Å². The Morgan fingerprint density at radius 1 is 1.18 bits per heavy atom. The molecule has 0 radical (unpaired) electrons. The first-order valence-electron chi connectivity index (χ1n) is 11.0. The van der Waals surface area contributed by atoms with Crippen molar-refractivity contribution >= 4 is 21.6 Å². The van der Waals surface area contributed by atoms with E-state index in [2.05, 4.69) is 22.3 Å². The number of morpholine rings is 1. The first-order chi connectivity index (χ1) is 15.7. The Balaban J connectivity index is 1.71. The zero-order valence-electron chi connectivity index (χ0n) is 19.7. The summed E-state index contributed by atoms with van der Waals surface area (Å²) in [6.45, 7) is 7.88. The van der Waals surface area contributed by atoms with Crippen molar-refractivity contribution in [3.63, 3.8) is 0 Å². The highest BCUT2D eigenvalue weighted by molar-refractivity contribution is 7.92. The van der Waals surface area contributed by atoms with Crippen LogP contribution in [0.3, 0.4) is 0 Å². The average Bonchev–Trinajstić information content (AvgIpc) is 2.78. The van der Waals surface area contributed by atoms with Gasteiger partial charge in [0.25, 0.3) is 0 Å². The Labute approximate surface area is 196 Å². The van der Waals surface area contributed by atoms with Crippen molar-refractivity contribution < 1.29 is 22.7 Å². The van der Waals surface area contributed by atoms with Gasteiger partial charge in [0.2, 0.25) is 15.9 Å². The van der Waals surface area contributed by atoms with E-state index in [1.165, 1.54) is 12.7 Å². The third-order valence-corrected chi connectivity index (χ3v) is 6.86. The number of carbonyl (C=O) groups excluding carboxylic acids is 1. The molecule has 8 nitrogen and oxygen atoms in total. The molecule has 180 valence electrons. The number of nitrogens with one attached hydrogen (secondary N) is 1. The van der Waals surface area contributed by atoms with E-state index in [0.29, 0.717) is 18.0 Å². The van der Waals surface area contributed by atoms with Gasteiger partial charge in [0.15, 0.2) is 0 Å². The average molecular weight is 476 g/mol. The van der Waals surface area contributed by atoms with E-state index in [4.69, 9.17) is 9.47 Å². The normalized spacial score (nSPS) is 15.6. The Morgan fingerprint density at radius 3 is 2.55 bits per heavy atom. The largest absolute Gasteiger partial charge is 0.495 e. The number of rotatable bonds is 9. The van der Waals surface area contributed by atoms with Crippen molar-refractivity contribution in [3.8, 4) is 5.75 Å². The van der Waals surface area contributed by atoms with Crippen molar-refractivity contribution in [2.45, 2.75) is 33.0 Å². The van der Waals surface area contributed by atoms with Crippen molar-refractivity contribution in [3.05, 3.63) is 59.2 Å². The van der Waals surface area contributed by atoms with Crippen molar-refractivity contribution in [1.29, 1.82) is 0 Å². The van der Waals surface area contributed by atoms with Crippen molar-refractivity contribution in [1.82, 2.24) is 10.2 Å². The molecule has 1 atom stereocenters. The van der Waals surface area contributed by atoms with E-state index >= 15 is 0 Å². The SMILES string of the molecule is COc1ccc(C)cc1N(C(C)C(=O)NCc1cccc(CN2CCOCC2)c1)S(C)(=O)=O. The summed E-state index contributed by atoms with van der Waals surface area (Å²) in [6.07, 6.45) is 1.09. The monoisotopic (exact) mass is 475 g/mol. The summed E-state index contributed by atoms with van der Waals surface area (Å²) in [7, 11) is -2.27. The number of ether oxygens (including phenoxy) is 2. The van der Waals surface area contributed by atoms with Crippen molar-refractivity contribution in [2.24, 2.45) is 0 Å². The van der Waals surface area contributed by atoms with E-state index in [1.54, 1.807) is 19.1 Å². The molecule has 3 rings (SSSR count). The predicted octanol–water partition coefficient (Wildman–Crippen LogP) is 2.31. The van der Waals surface area contributed by atoms with E-state index < -0.39 is 16.1 Å². The fourth-order valence-corrected chi connectivity index (χ4v) is 5.12. The Hall–Kier alpha value is -2.62. The van der Waals surface area contributed by atoms with Crippen LogP contribution in [0.25, 0.3) is 0 Å². The standard InChI is InChI=1S/C24H33N3O5S/c1-18-8-9-23(31-3)22(14-18)27(33(4,29)30)19(2)24(28)25-16-20-6-5-7-21(15-20)17-26-10-12-32-13-11-26/h5-9,14-15,19H,10-13,16-17H2,1-4H3,(H,25,28). The first kappa shape index (κ1) is 25.0. The fraction of sp³-hybridized carbons (Fsp3) is 0.458. The third kappa shape index (κ3) is 6.69. The molecule has 0 saturated carbocycles. The maximum atomic E-state index is 13.0. The molecule has 1 saturated heterocycles. The number of methoxy groups -OCH3 is 1. The lowest BCUT2D eigenvalue weighted by atomic mass is 10.1. The minimum absolute atomic E-state index is 0.308. The molecule has 9 heteroatoms. The van der Waals surface area contributed by atoms with Gasteiger partial charge in [-0.25, -0.2) is 8.42 Å².